The highest BCUT2D eigenvalue weighted by Gasteiger charge is 2.09. The van der Waals surface area contributed by atoms with E-state index in [-0.39, 0.29) is 0 Å². The number of rotatable bonds is 1. The van der Waals surface area contributed by atoms with Crippen LogP contribution in [0.2, 0.25) is 6.55 Å². The standard InChI is InChI=1S/C23H16Si/c1-24-23-19-9-5-4-8-17(19)14-22-20(23)11-10-18-12-15-6-2-3-7-16(15)13-21(18)22/h2-14H,1H3. The summed E-state index contributed by atoms with van der Waals surface area (Å²) in [6.07, 6.45) is 0. The lowest BCUT2D eigenvalue weighted by Crippen LogP contribution is -2.13. The summed E-state index contributed by atoms with van der Waals surface area (Å²) in [7, 11) is 0.790. The second-order valence-electron chi connectivity index (χ2n) is 6.30. The van der Waals surface area contributed by atoms with Crippen LogP contribution in [0.3, 0.4) is 0 Å². The highest BCUT2D eigenvalue weighted by atomic mass is 28.2. The largest absolute Gasteiger partial charge is 0.0790 e. The van der Waals surface area contributed by atoms with Gasteiger partial charge in [0.2, 0.25) is 0 Å². The molecule has 24 heavy (non-hydrogen) atoms. The Morgan fingerprint density at radius 2 is 1.12 bits per heavy atom. The minimum Gasteiger partial charge on any atom is -0.0688 e. The first-order valence-electron chi connectivity index (χ1n) is 8.30. The predicted octanol–water partition coefficient (Wildman–Crippen LogP) is 5.68. The zero-order chi connectivity index (χ0) is 16.1. The van der Waals surface area contributed by atoms with Gasteiger partial charge in [-0.05, 0) is 66.5 Å². The molecule has 0 saturated carbocycles. The van der Waals surface area contributed by atoms with E-state index in [1.807, 2.05) is 0 Å². The lowest BCUT2D eigenvalue weighted by Gasteiger charge is -2.12. The van der Waals surface area contributed by atoms with E-state index in [2.05, 4.69) is 85.4 Å². The van der Waals surface area contributed by atoms with Crippen molar-refractivity contribution in [3.05, 3.63) is 78.9 Å². The Morgan fingerprint density at radius 1 is 0.500 bits per heavy atom. The second kappa shape index (κ2) is 5.18. The predicted molar refractivity (Wildman–Crippen MR) is 108 cm³/mol. The summed E-state index contributed by atoms with van der Waals surface area (Å²) in [5, 5.41) is 12.3. The van der Waals surface area contributed by atoms with Crippen LogP contribution in [0.4, 0.5) is 0 Å². The first-order valence-corrected chi connectivity index (χ1v) is 9.80. The van der Waals surface area contributed by atoms with E-state index in [0.29, 0.717) is 0 Å². The molecule has 0 aliphatic heterocycles. The van der Waals surface area contributed by atoms with Crippen LogP contribution < -0.4 is 5.19 Å². The van der Waals surface area contributed by atoms with E-state index in [9.17, 15) is 0 Å². The fourth-order valence-electron chi connectivity index (χ4n) is 3.83. The van der Waals surface area contributed by atoms with E-state index >= 15 is 0 Å². The minimum atomic E-state index is 0.790. The SMILES string of the molecule is C[Si]c1c2ccccc2cc2c1ccc1cc3ccccc3cc12. The van der Waals surface area contributed by atoms with Crippen LogP contribution in [0.5, 0.6) is 0 Å². The van der Waals surface area contributed by atoms with Crippen molar-refractivity contribution in [3.63, 3.8) is 0 Å². The third-order valence-corrected chi connectivity index (χ3v) is 6.02. The molecule has 5 aromatic carbocycles. The number of fused-ring (bicyclic) bond motifs is 5. The van der Waals surface area contributed by atoms with Crippen LogP contribution in [-0.4, -0.2) is 9.52 Å². The van der Waals surface area contributed by atoms with Crippen molar-refractivity contribution < 1.29 is 0 Å². The van der Waals surface area contributed by atoms with E-state index in [1.54, 1.807) is 0 Å². The third kappa shape index (κ3) is 1.92. The Hall–Kier alpha value is -2.64. The summed E-state index contributed by atoms with van der Waals surface area (Å²) < 4.78 is 0. The van der Waals surface area contributed by atoms with Crippen molar-refractivity contribution in [3.8, 4) is 0 Å². The monoisotopic (exact) mass is 320 g/mol. The van der Waals surface area contributed by atoms with Crippen molar-refractivity contribution in [1.82, 2.24) is 0 Å². The van der Waals surface area contributed by atoms with Gasteiger partial charge in [-0.1, -0.05) is 67.2 Å². The van der Waals surface area contributed by atoms with E-state index in [0.717, 1.165) is 9.52 Å². The molecule has 0 fully saturated rings. The van der Waals surface area contributed by atoms with Gasteiger partial charge in [0.1, 0.15) is 0 Å². The number of hydrogen-bond acceptors (Lipinski definition) is 0. The molecule has 0 saturated heterocycles. The molecule has 0 spiro atoms. The van der Waals surface area contributed by atoms with Gasteiger partial charge in [0.25, 0.3) is 0 Å². The molecular weight excluding hydrogens is 304 g/mol. The smallest absolute Gasteiger partial charge is 0.0688 e. The first-order chi connectivity index (χ1) is 11.8. The maximum Gasteiger partial charge on any atom is 0.0790 e. The highest BCUT2D eigenvalue weighted by molar-refractivity contribution is 6.60. The summed E-state index contributed by atoms with van der Waals surface area (Å²) >= 11 is 0. The van der Waals surface area contributed by atoms with Gasteiger partial charge in [0, 0.05) is 0 Å². The average Bonchev–Trinajstić information content (AvgIpc) is 2.64. The van der Waals surface area contributed by atoms with Crippen molar-refractivity contribution in [2.45, 2.75) is 6.55 Å². The Balaban J connectivity index is 2.03. The Labute approximate surface area is 143 Å². The third-order valence-electron chi connectivity index (χ3n) is 4.98. The molecule has 0 amide bonds. The molecule has 5 rings (SSSR count). The van der Waals surface area contributed by atoms with Gasteiger partial charge in [-0.2, -0.15) is 0 Å². The van der Waals surface area contributed by atoms with Gasteiger partial charge in [-0.25, -0.2) is 0 Å². The van der Waals surface area contributed by atoms with Crippen molar-refractivity contribution in [2.75, 3.05) is 0 Å². The fraction of sp³-hybridized carbons (Fsp3) is 0.0435. The van der Waals surface area contributed by atoms with Crippen LogP contribution in [0.15, 0.2) is 78.9 Å². The Bertz CT molecular complexity index is 1230. The molecule has 0 nitrogen and oxygen atoms in total. The van der Waals surface area contributed by atoms with Gasteiger partial charge in [-0.3, -0.25) is 0 Å². The average molecular weight is 320 g/mol. The summed E-state index contributed by atoms with van der Waals surface area (Å²) in [6.45, 7) is 2.28. The Kier molecular flexibility index (Phi) is 2.97. The topological polar surface area (TPSA) is 0 Å². The zero-order valence-corrected chi connectivity index (χ0v) is 14.5. The molecule has 0 N–H and O–H groups in total. The van der Waals surface area contributed by atoms with Crippen LogP contribution in [0.25, 0.3) is 43.1 Å². The fourth-order valence-corrected chi connectivity index (χ4v) is 4.82. The molecule has 0 unspecified atom stereocenters. The van der Waals surface area contributed by atoms with E-state index < -0.39 is 0 Å². The summed E-state index contributed by atoms with van der Waals surface area (Å²) in [5.41, 5.74) is 0. The molecule has 0 bridgehead atoms. The lowest BCUT2D eigenvalue weighted by molar-refractivity contribution is 1.79. The molecule has 0 heterocycles. The molecule has 0 atom stereocenters. The van der Waals surface area contributed by atoms with Crippen molar-refractivity contribution in [2.24, 2.45) is 0 Å². The van der Waals surface area contributed by atoms with Gasteiger partial charge in [-0.15, -0.1) is 0 Å². The summed E-state index contributed by atoms with van der Waals surface area (Å²) in [4.78, 5) is 0. The minimum absolute atomic E-state index is 0.790. The van der Waals surface area contributed by atoms with E-state index in [1.165, 1.54) is 48.3 Å². The van der Waals surface area contributed by atoms with E-state index in [4.69, 9.17) is 0 Å². The zero-order valence-electron chi connectivity index (χ0n) is 13.5. The Morgan fingerprint density at radius 3 is 1.92 bits per heavy atom. The van der Waals surface area contributed by atoms with Crippen LogP contribution in [-0.2, 0) is 0 Å². The van der Waals surface area contributed by atoms with Crippen molar-refractivity contribution >= 4 is 57.8 Å². The molecule has 0 aliphatic carbocycles. The molecule has 5 aromatic rings. The van der Waals surface area contributed by atoms with Crippen molar-refractivity contribution in [1.29, 1.82) is 0 Å². The molecule has 1 heteroatoms. The van der Waals surface area contributed by atoms with Crippen LogP contribution in [0.1, 0.15) is 0 Å². The maximum absolute atomic E-state index is 2.37. The molecular formula is C23H16Si. The van der Waals surface area contributed by atoms with Gasteiger partial charge in [0.05, 0.1) is 9.52 Å². The normalized spacial score (nSPS) is 11.7. The lowest BCUT2D eigenvalue weighted by atomic mass is 9.96. The van der Waals surface area contributed by atoms with Gasteiger partial charge in [0.15, 0.2) is 0 Å². The molecule has 0 aliphatic rings. The van der Waals surface area contributed by atoms with Crippen LogP contribution in [0, 0.1) is 0 Å². The molecule has 0 aromatic heterocycles. The summed E-state index contributed by atoms with van der Waals surface area (Å²) in [5.74, 6) is 0. The van der Waals surface area contributed by atoms with Crippen LogP contribution >= 0.6 is 0 Å². The first kappa shape index (κ1) is 13.8. The quantitative estimate of drug-likeness (QED) is 0.212. The number of benzene rings is 5. The maximum atomic E-state index is 2.37. The second-order valence-corrected chi connectivity index (χ2v) is 7.30. The number of hydrogen-bond donors (Lipinski definition) is 0. The molecule has 2 radical (unpaired) electrons. The van der Waals surface area contributed by atoms with Gasteiger partial charge >= 0.3 is 0 Å². The van der Waals surface area contributed by atoms with Gasteiger partial charge < -0.3 is 0 Å². The summed E-state index contributed by atoms with van der Waals surface area (Å²) in [6, 6.07) is 29.0. The highest BCUT2D eigenvalue weighted by Crippen LogP contribution is 2.31. The molecule has 112 valence electrons.